The van der Waals surface area contributed by atoms with Crippen LogP contribution in [0.15, 0.2) is 48.5 Å². The molecule has 1 aliphatic heterocycles. The van der Waals surface area contributed by atoms with Crippen LogP contribution in [0.1, 0.15) is 11.1 Å². The van der Waals surface area contributed by atoms with Crippen LogP contribution in [0.4, 0.5) is 38.1 Å². The minimum Gasteiger partial charge on any atom is -0.286 e. The number of benzene rings is 3. The van der Waals surface area contributed by atoms with Crippen LogP contribution in [0, 0.1) is 11.6 Å². The molecule has 0 radical (unpaired) electrons. The van der Waals surface area contributed by atoms with Gasteiger partial charge in [0, 0.05) is 17.2 Å². The van der Waals surface area contributed by atoms with E-state index in [1.807, 2.05) is 0 Å². The molecule has 1 aliphatic rings. The number of rotatable bonds is 3. The number of fused-ring (bicyclic) bond motifs is 1. The number of hydrogen-bond acceptors (Lipinski definition) is 3. The maximum Gasteiger partial charge on any atom is 0.416 e. The summed E-state index contributed by atoms with van der Waals surface area (Å²) in [6, 6.07) is 5.51. The third kappa shape index (κ3) is 4.54. The van der Waals surface area contributed by atoms with Crippen LogP contribution in [0.2, 0.25) is 10.0 Å². The van der Waals surface area contributed by atoms with Gasteiger partial charge >= 0.3 is 22.5 Å². The van der Waals surface area contributed by atoms with Crippen molar-refractivity contribution in [2.75, 3.05) is 9.21 Å². The Hall–Kier alpha value is -2.93. The summed E-state index contributed by atoms with van der Waals surface area (Å²) >= 11 is 12.3. The van der Waals surface area contributed by atoms with Crippen molar-refractivity contribution in [1.82, 2.24) is 0 Å². The number of para-hydroxylation sites is 1. The smallest absolute Gasteiger partial charge is 0.286 e. The van der Waals surface area contributed by atoms with Gasteiger partial charge in [-0.2, -0.15) is 25.9 Å². The number of amides is 2. The van der Waals surface area contributed by atoms with E-state index in [4.69, 9.17) is 23.2 Å². The zero-order valence-electron chi connectivity index (χ0n) is 16.9. The minimum atomic E-state index is -5.50. The van der Waals surface area contributed by atoms with Gasteiger partial charge in [-0.1, -0.05) is 29.3 Å². The predicted octanol–water partition coefficient (Wildman–Crippen LogP) is 6.71. The molecule has 1 heterocycles. The van der Waals surface area contributed by atoms with Gasteiger partial charge in [0.05, 0.1) is 33.5 Å². The number of hydrogen-bond donors (Lipinski definition) is 1. The van der Waals surface area contributed by atoms with Crippen LogP contribution < -0.4 is 9.21 Å². The maximum atomic E-state index is 14.7. The first-order chi connectivity index (χ1) is 16.2. The van der Waals surface area contributed by atoms with Crippen LogP contribution in [-0.4, -0.2) is 19.0 Å². The van der Waals surface area contributed by atoms with Crippen molar-refractivity contribution < 1.29 is 39.7 Å². The monoisotopic (exact) mass is 552 g/mol. The van der Waals surface area contributed by atoms with Crippen molar-refractivity contribution in [1.29, 1.82) is 0 Å². The van der Waals surface area contributed by atoms with E-state index in [1.165, 1.54) is 18.2 Å². The van der Waals surface area contributed by atoms with Crippen LogP contribution in [-0.2, 0) is 23.0 Å². The Labute approximate surface area is 205 Å². The lowest BCUT2D eigenvalue weighted by Gasteiger charge is -2.37. The van der Waals surface area contributed by atoms with Gasteiger partial charge in [-0.05, 0) is 42.0 Å². The SMILES string of the molecule is O=C1N(c2c(Cl)cccc2Cl)Cc2c(-c3ccc(F)cc3F)cc(C(F)(F)F)cc2N1S(=O)(=O)O. The molecular weight excluding hydrogens is 542 g/mol. The third-order valence-electron chi connectivity index (χ3n) is 5.15. The summed E-state index contributed by atoms with van der Waals surface area (Å²) in [6.07, 6.45) is -5.06. The molecule has 0 atom stereocenters. The van der Waals surface area contributed by atoms with Crippen molar-refractivity contribution in [3.63, 3.8) is 0 Å². The molecule has 0 spiro atoms. The number of halogens is 7. The molecule has 35 heavy (non-hydrogen) atoms. The van der Waals surface area contributed by atoms with E-state index in [2.05, 4.69) is 0 Å². The van der Waals surface area contributed by atoms with Gasteiger partial charge in [0.15, 0.2) is 0 Å². The molecule has 6 nitrogen and oxygen atoms in total. The van der Waals surface area contributed by atoms with E-state index in [0.29, 0.717) is 23.1 Å². The Balaban J connectivity index is 2.10. The van der Waals surface area contributed by atoms with Gasteiger partial charge < -0.3 is 0 Å². The molecule has 0 saturated carbocycles. The molecule has 0 bridgehead atoms. The lowest BCUT2D eigenvalue weighted by Crippen LogP contribution is -2.50. The predicted molar refractivity (Wildman–Crippen MR) is 119 cm³/mol. The molecular formula is C21H11Cl2F5N2O4S. The van der Waals surface area contributed by atoms with Gasteiger partial charge in [-0.3, -0.25) is 9.45 Å². The highest BCUT2D eigenvalue weighted by Gasteiger charge is 2.43. The van der Waals surface area contributed by atoms with Crippen LogP contribution in [0.3, 0.4) is 0 Å². The molecule has 14 heteroatoms. The van der Waals surface area contributed by atoms with Gasteiger partial charge in [0.1, 0.15) is 11.6 Å². The summed E-state index contributed by atoms with van der Waals surface area (Å²) in [5.41, 5.74) is -3.83. The fourth-order valence-corrected chi connectivity index (χ4v) is 5.01. The summed E-state index contributed by atoms with van der Waals surface area (Å²) in [5.74, 6) is -2.25. The second kappa shape index (κ2) is 8.63. The van der Waals surface area contributed by atoms with Crippen LogP contribution >= 0.6 is 23.2 Å². The van der Waals surface area contributed by atoms with Crippen molar-refractivity contribution in [3.8, 4) is 11.1 Å². The van der Waals surface area contributed by atoms with Crippen molar-refractivity contribution in [2.45, 2.75) is 12.7 Å². The molecule has 1 N–H and O–H groups in total. The number of carbonyl (C=O) groups excluding carboxylic acids is 1. The number of anilines is 2. The average Bonchev–Trinajstić information content (AvgIpc) is 2.71. The lowest BCUT2D eigenvalue weighted by molar-refractivity contribution is -0.137. The topological polar surface area (TPSA) is 77.9 Å². The Morgan fingerprint density at radius 1 is 0.943 bits per heavy atom. The molecule has 2 amide bonds. The van der Waals surface area contributed by atoms with E-state index < -0.39 is 63.1 Å². The second-order valence-corrected chi connectivity index (χ2v) is 9.40. The molecule has 4 rings (SSSR count). The quantitative estimate of drug-likeness (QED) is 0.289. The van der Waals surface area contributed by atoms with E-state index in [0.717, 1.165) is 12.1 Å². The summed E-state index contributed by atoms with van der Waals surface area (Å²) in [6.45, 7) is -0.617. The van der Waals surface area contributed by atoms with E-state index in [9.17, 15) is 39.7 Å². The molecule has 0 aromatic heterocycles. The Bertz CT molecular complexity index is 1460. The molecule has 3 aromatic carbocycles. The van der Waals surface area contributed by atoms with Gasteiger partial charge in [-0.15, -0.1) is 0 Å². The zero-order valence-corrected chi connectivity index (χ0v) is 19.3. The van der Waals surface area contributed by atoms with Crippen molar-refractivity contribution in [3.05, 3.63) is 81.3 Å². The van der Waals surface area contributed by atoms with E-state index >= 15 is 0 Å². The first-order valence-electron chi connectivity index (χ1n) is 9.43. The highest BCUT2D eigenvalue weighted by atomic mass is 35.5. The molecule has 3 aromatic rings. The highest BCUT2D eigenvalue weighted by molar-refractivity contribution is 7.88. The number of carbonyl (C=O) groups is 1. The first kappa shape index (κ1) is 25.2. The number of urea groups is 1. The summed E-state index contributed by atoms with van der Waals surface area (Å²) in [4.78, 5) is 13.9. The third-order valence-corrected chi connectivity index (χ3v) is 6.58. The van der Waals surface area contributed by atoms with Gasteiger partial charge in [0.2, 0.25) is 0 Å². The largest absolute Gasteiger partial charge is 0.416 e. The molecule has 0 saturated heterocycles. The fourth-order valence-electron chi connectivity index (χ4n) is 3.70. The summed E-state index contributed by atoms with van der Waals surface area (Å²) in [5, 5.41) is -0.239. The normalized spacial score (nSPS) is 14.3. The first-order valence-corrected chi connectivity index (χ1v) is 11.6. The van der Waals surface area contributed by atoms with Crippen molar-refractivity contribution in [2.24, 2.45) is 0 Å². The average molecular weight is 553 g/mol. The van der Waals surface area contributed by atoms with Crippen LogP contribution in [0.5, 0.6) is 0 Å². The lowest BCUT2D eigenvalue weighted by atomic mass is 9.93. The summed E-state index contributed by atoms with van der Waals surface area (Å²) in [7, 11) is -5.50. The Morgan fingerprint density at radius 3 is 2.11 bits per heavy atom. The van der Waals surface area contributed by atoms with Gasteiger partial charge in [-0.25, -0.2) is 13.6 Å². The second-order valence-electron chi connectivity index (χ2n) is 7.32. The maximum absolute atomic E-state index is 14.7. The molecule has 0 unspecified atom stereocenters. The number of nitrogens with zero attached hydrogens (tertiary/aromatic N) is 2. The summed E-state index contributed by atoms with van der Waals surface area (Å²) < 4.78 is 103. The molecule has 0 aliphatic carbocycles. The van der Waals surface area contributed by atoms with Crippen LogP contribution in [0.25, 0.3) is 11.1 Å². The van der Waals surface area contributed by atoms with Crippen molar-refractivity contribution >= 4 is 50.9 Å². The zero-order chi connectivity index (χ0) is 25.9. The van der Waals surface area contributed by atoms with E-state index in [1.54, 1.807) is 0 Å². The molecule has 184 valence electrons. The Morgan fingerprint density at radius 2 is 1.57 bits per heavy atom. The number of alkyl halides is 3. The Kier molecular flexibility index (Phi) is 6.20. The van der Waals surface area contributed by atoms with E-state index in [-0.39, 0.29) is 25.6 Å². The fraction of sp³-hybridized carbons (Fsp3) is 0.0952. The highest BCUT2D eigenvalue weighted by Crippen LogP contribution is 2.46. The minimum absolute atomic E-state index is 0.119. The molecule has 0 fully saturated rings. The van der Waals surface area contributed by atoms with Gasteiger partial charge in [0.25, 0.3) is 0 Å². The standard InChI is InChI=1S/C21H11Cl2F5N2O4S/c22-15-2-1-3-16(23)19(15)29-9-14-13(12-5-4-11(24)8-17(12)25)6-10(21(26,27)28)7-18(14)30(20(29)31)35(32,33)34/h1-8H,9H2,(H,32,33,34).